The fraction of sp³-hybridized carbons (Fsp3) is 0.895. The number of rotatable bonds is 9. The maximum atomic E-state index is 14.6. The highest BCUT2D eigenvalue weighted by Crippen LogP contribution is 2.38. The van der Waals surface area contributed by atoms with Crippen molar-refractivity contribution >= 4 is 11.9 Å². The fourth-order valence-electron chi connectivity index (χ4n) is 3.05. The van der Waals surface area contributed by atoms with Crippen LogP contribution >= 0.6 is 0 Å². The summed E-state index contributed by atoms with van der Waals surface area (Å²) in [4.78, 5) is 24.6. The van der Waals surface area contributed by atoms with Gasteiger partial charge in [-0.3, -0.25) is 4.79 Å². The standard InChI is InChI=1S/C19H32F2O5/c1-7-15(19(20,21)17(23)25-14-8-9-24-11-14)26-16(22)18(6,13(4)5)10-12(2)3/h12-15H,7-11H2,1-6H3. The summed E-state index contributed by atoms with van der Waals surface area (Å²) in [5.74, 6) is -6.16. The van der Waals surface area contributed by atoms with E-state index < -0.39 is 35.5 Å². The molecule has 0 aromatic rings. The van der Waals surface area contributed by atoms with Gasteiger partial charge in [-0.1, -0.05) is 34.6 Å². The summed E-state index contributed by atoms with van der Waals surface area (Å²) in [6, 6.07) is 0. The number of esters is 2. The van der Waals surface area contributed by atoms with Gasteiger partial charge >= 0.3 is 17.9 Å². The van der Waals surface area contributed by atoms with E-state index in [4.69, 9.17) is 14.2 Å². The average molecular weight is 378 g/mol. The summed E-state index contributed by atoms with van der Waals surface area (Å²) >= 11 is 0. The Morgan fingerprint density at radius 2 is 1.81 bits per heavy atom. The third kappa shape index (κ3) is 5.38. The summed E-state index contributed by atoms with van der Waals surface area (Å²) < 4.78 is 44.1. The van der Waals surface area contributed by atoms with Crippen LogP contribution in [0.4, 0.5) is 8.78 Å². The predicted molar refractivity (Wildman–Crippen MR) is 92.8 cm³/mol. The van der Waals surface area contributed by atoms with Gasteiger partial charge in [0.2, 0.25) is 0 Å². The van der Waals surface area contributed by atoms with Crippen LogP contribution in [-0.4, -0.2) is 43.3 Å². The minimum absolute atomic E-state index is 0.0916. The SMILES string of the molecule is CCC(OC(=O)C(C)(CC(C)C)C(C)C)C(F)(F)C(=O)OC1CCOC1. The van der Waals surface area contributed by atoms with Crippen LogP contribution in [0.3, 0.4) is 0 Å². The molecular weight excluding hydrogens is 346 g/mol. The Balaban J connectivity index is 2.87. The van der Waals surface area contributed by atoms with Crippen LogP contribution in [-0.2, 0) is 23.8 Å². The van der Waals surface area contributed by atoms with Crippen LogP contribution in [0.15, 0.2) is 0 Å². The van der Waals surface area contributed by atoms with Crippen molar-refractivity contribution in [2.45, 2.75) is 78.9 Å². The van der Waals surface area contributed by atoms with E-state index >= 15 is 0 Å². The van der Waals surface area contributed by atoms with Gasteiger partial charge in [0.05, 0.1) is 18.6 Å². The van der Waals surface area contributed by atoms with Crippen molar-refractivity contribution in [3.8, 4) is 0 Å². The van der Waals surface area contributed by atoms with Crippen LogP contribution in [0.1, 0.15) is 60.8 Å². The monoisotopic (exact) mass is 378 g/mol. The third-order valence-corrected chi connectivity index (χ3v) is 5.03. The highest BCUT2D eigenvalue weighted by molar-refractivity contribution is 5.81. The molecule has 7 heteroatoms. The number of carbonyl (C=O) groups is 2. The minimum atomic E-state index is -3.90. The third-order valence-electron chi connectivity index (χ3n) is 5.03. The molecule has 1 fully saturated rings. The van der Waals surface area contributed by atoms with Crippen LogP contribution in [0.5, 0.6) is 0 Å². The molecule has 1 aliphatic rings. The van der Waals surface area contributed by atoms with E-state index in [1.165, 1.54) is 6.92 Å². The van der Waals surface area contributed by atoms with Crippen molar-refractivity contribution in [1.29, 1.82) is 0 Å². The quantitative estimate of drug-likeness (QED) is 0.568. The van der Waals surface area contributed by atoms with Crippen LogP contribution < -0.4 is 0 Å². The van der Waals surface area contributed by atoms with Gasteiger partial charge in [0.25, 0.3) is 0 Å². The predicted octanol–water partition coefficient (Wildman–Crippen LogP) is 3.98. The number of alkyl halides is 2. The van der Waals surface area contributed by atoms with Crippen molar-refractivity contribution in [2.24, 2.45) is 17.3 Å². The molecule has 0 radical (unpaired) electrons. The Labute approximate surface area is 154 Å². The lowest BCUT2D eigenvalue weighted by Gasteiger charge is -2.35. The zero-order chi connectivity index (χ0) is 20.1. The van der Waals surface area contributed by atoms with Gasteiger partial charge in [-0.05, 0) is 31.6 Å². The molecule has 0 amide bonds. The first-order chi connectivity index (χ1) is 11.9. The van der Waals surface area contributed by atoms with Crippen LogP contribution in [0, 0.1) is 17.3 Å². The Kier molecular flexibility index (Phi) is 7.99. The van der Waals surface area contributed by atoms with E-state index in [0.717, 1.165) is 0 Å². The number of ether oxygens (including phenoxy) is 3. The molecule has 26 heavy (non-hydrogen) atoms. The van der Waals surface area contributed by atoms with Gasteiger partial charge in [-0.25, -0.2) is 4.79 Å². The molecule has 0 aromatic heterocycles. The Hall–Kier alpha value is -1.24. The summed E-state index contributed by atoms with van der Waals surface area (Å²) in [5.41, 5.74) is -0.902. The van der Waals surface area contributed by atoms with Crippen LogP contribution in [0.25, 0.3) is 0 Å². The van der Waals surface area contributed by atoms with Gasteiger partial charge in [0.15, 0.2) is 6.10 Å². The van der Waals surface area contributed by atoms with Gasteiger partial charge in [-0.2, -0.15) is 8.78 Å². The Morgan fingerprint density at radius 3 is 2.23 bits per heavy atom. The van der Waals surface area contributed by atoms with Gasteiger partial charge in [-0.15, -0.1) is 0 Å². The summed E-state index contributed by atoms with van der Waals surface area (Å²) in [5, 5.41) is 0. The molecule has 0 aliphatic carbocycles. The Bertz CT molecular complexity index is 486. The molecule has 0 N–H and O–H groups in total. The van der Waals surface area contributed by atoms with Crippen LogP contribution in [0.2, 0.25) is 0 Å². The molecule has 152 valence electrons. The average Bonchev–Trinajstić information content (AvgIpc) is 3.03. The number of hydrogen-bond acceptors (Lipinski definition) is 5. The molecule has 0 spiro atoms. The van der Waals surface area contributed by atoms with Crippen molar-refractivity contribution in [1.82, 2.24) is 0 Å². The number of halogens is 2. The molecule has 1 rings (SSSR count). The molecule has 1 saturated heterocycles. The van der Waals surface area contributed by atoms with Gasteiger partial charge in [0.1, 0.15) is 6.10 Å². The van der Waals surface area contributed by atoms with Crippen molar-refractivity contribution in [2.75, 3.05) is 13.2 Å². The fourth-order valence-corrected chi connectivity index (χ4v) is 3.05. The second-order valence-corrected chi connectivity index (χ2v) is 7.99. The molecular formula is C19H32F2O5. The topological polar surface area (TPSA) is 61.8 Å². The molecule has 3 atom stereocenters. The lowest BCUT2D eigenvalue weighted by molar-refractivity contribution is -0.207. The van der Waals surface area contributed by atoms with E-state index in [1.54, 1.807) is 6.92 Å². The van der Waals surface area contributed by atoms with E-state index in [9.17, 15) is 18.4 Å². The van der Waals surface area contributed by atoms with Crippen molar-refractivity contribution < 1.29 is 32.6 Å². The second-order valence-electron chi connectivity index (χ2n) is 7.99. The van der Waals surface area contributed by atoms with E-state index in [1.807, 2.05) is 27.7 Å². The normalized spacial score (nSPS) is 21.5. The zero-order valence-electron chi connectivity index (χ0n) is 16.6. The molecule has 0 bridgehead atoms. The summed E-state index contributed by atoms with van der Waals surface area (Å²) in [7, 11) is 0. The largest absolute Gasteiger partial charge is 0.455 e. The molecule has 1 heterocycles. The van der Waals surface area contributed by atoms with Gasteiger partial charge in [0, 0.05) is 6.42 Å². The summed E-state index contributed by atoms with van der Waals surface area (Å²) in [6.07, 6.45) is -1.82. The highest BCUT2D eigenvalue weighted by atomic mass is 19.3. The number of hydrogen-bond donors (Lipinski definition) is 0. The lowest BCUT2D eigenvalue weighted by Crippen LogP contribution is -2.48. The lowest BCUT2D eigenvalue weighted by atomic mass is 9.73. The first kappa shape index (κ1) is 22.8. The zero-order valence-corrected chi connectivity index (χ0v) is 16.6. The van der Waals surface area contributed by atoms with E-state index in [0.29, 0.717) is 19.4 Å². The molecule has 0 saturated carbocycles. The van der Waals surface area contributed by atoms with Crippen molar-refractivity contribution in [3.05, 3.63) is 0 Å². The Morgan fingerprint density at radius 1 is 1.19 bits per heavy atom. The molecule has 5 nitrogen and oxygen atoms in total. The first-order valence-electron chi connectivity index (χ1n) is 9.32. The molecule has 0 aromatic carbocycles. The van der Waals surface area contributed by atoms with E-state index in [2.05, 4.69) is 0 Å². The summed E-state index contributed by atoms with van der Waals surface area (Å²) in [6.45, 7) is 11.3. The minimum Gasteiger partial charge on any atom is -0.455 e. The first-order valence-corrected chi connectivity index (χ1v) is 9.32. The van der Waals surface area contributed by atoms with Crippen molar-refractivity contribution in [3.63, 3.8) is 0 Å². The second kappa shape index (κ2) is 9.11. The van der Waals surface area contributed by atoms with Gasteiger partial charge < -0.3 is 14.2 Å². The molecule has 1 aliphatic heterocycles. The highest BCUT2D eigenvalue weighted by Gasteiger charge is 2.53. The maximum absolute atomic E-state index is 14.6. The smallest absolute Gasteiger partial charge is 0.381 e. The number of carbonyl (C=O) groups excluding carboxylic acids is 2. The molecule has 3 unspecified atom stereocenters. The maximum Gasteiger partial charge on any atom is 0.381 e. The van der Waals surface area contributed by atoms with E-state index in [-0.39, 0.29) is 24.9 Å².